The van der Waals surface area contributed by atoms with Crippen LogP contribution < -0.4 is 0 Å². The lowest BCUT2D eigenvalue weighted by atomic mass is 9.86. The van der Waals surface area contributed by atoms with Crippen molar-refractivity contribution in [3.8, 4) is 0 Å². The van der Waals surface area contributed by atoms with Crippen molar-refractivity contribution in [1.29, 1.82) is 0 Å². The molecule has 4 heteroatoms. The first-order chi connectivity index (χ1) is 7.79. The molecule has 0 spiro atoms. The highest BCUT2D eigenvalue weighted by Gasteiger charge is 2.36. The van der Waals surface area contributed by atoms with Crippen LogP contribution in [-0.2, 0) is 19.1 Å². The smallest absolute Gasteiger partial charge is 0.313 e. The maximum Gasteiger partial charge on any atom is 0.313 e. The number of hydrogen-bond acceptors (Lipinski definition) is 4. The van der Waals surface area contributed by atoms with Gasteiger partial charge in [-0.15, -0.1) is 0 Å². The van der Waals surface area contributed by atoms with E-state index in [-0.39, 0.29) is 24.0 Å². The second kappa shape index (κ2) is 5.52. The average Bonchev–Trinajstić information content (AvgIpc) is 2.14. The quantitative estimate of drug-likeness (QED) is 0.698. The summed E-state index contributed by atoms with van der Waals surface area (Å²) >= 11 is 0. The van der Waals surface area contributed by atoms with E-state index >= 15 is 0 Å². The van der Waals surface area contributed by atoms with Crippen LogP contribution in [0.1, 0.15) is 53.4 Å². The van der Waals surface area contributed by atoms with Crippen molar-refractivity contribution in [2.45, 2.75) is 65.1 Å². The molecule has 1 aliphatic rings. The minimum absolute atomic E-state index is 0.247. The van der Waals surface area contributed by atoms with Gasteiger partial charge in [0.25, 0.3) is 0 Å². The molecule has 2 atom stereocenters. The van der Waals surface area contributed by atoms with Gasteiger partial charge < -0.3 is 9.47 Å². The Morgan fingerprint density at radius 3 is 2.24 bits per heavy atom. The molecule has 0 saturated heterocycles. The SMILES string of the molecule is CC(=O)O[C@@H]1CCCC[C@H]1C(=O)OC(C)(C)C. The average molecular weight is 242 g/mol. The molecule has 0 unspecified atom stereocenters. The number of carbonyl (C=O) groups is 2. The first kappa shape index (κ1) is 14.0. The van der Waals surface area contributed by atoms with Crippen LogP contribution in [0.5, 0.6) is 0 Å². The molecule has 0 radical (unpaired) electrons. The maximum atomic E-state index is 12.0. The number of rotatable bonds is 2. The van der Waals surface area contributed by atoms with E-state index in [1.54, 1.807) is 0 Å². The fourth-order valence-corrected chi connectivity index (χ4v) is 2.10. The van der Waals surface area contributed by atoms with Crippen LogP contribution in [0, 0.1) is 5.92 Å². The largest absolute Gasteiger partial charge is 0.462 e. The van der Waals surface area contributed by atoms with Crippen LogP contribution in [0.25, 0.3) is 0 Å². The summed E-state index contributed by atoms with van der Waals surface area (Å²) in [5.74, 6) is -0.874. The third-order valence-electron chi connectivity index (χ3n) is 2.73. The lowest BCUT2D eigenvalue weighted by Gasteiger charge is -2.31. The molecule has 1 rings (SSSR count). The first-order valence-electron chi connectivity index (χ1n) is 6.19. The van der Waals surface area contributed by atoms with Crippen LogP contribution in [0.15, 0.2) is 0 Å². The molecule has 1 fully saturated rings. The third kappa shape index (κ3) is 4.75. The molecule has 1 saturated carbocycles. The molecule has 0 amide bonds. The highest BCUT2D eigenvalue weighted by Crippen LogP contribution is 2.29. The summed E-state index contributed by atoms with van der Waals surface area (Å²) in [5.41, 5.74) is -0.491. The van der Waals surface area contributed by atoms with Gasteiger partial charge in [-0.1, -0.05) is 6.42 Å². The van der Waals surface area contributed by atoms with Gasteiger partial charge in [-0.3, -0.25) is 9.59 Å². The van der Waals surface area contributed by atoms with Gasteiger partial charge in [0, 0.05) is 6.92 Å². The van der Waals surface area contributed by atoms with Crippen molar-refractivity contribution in [3.05, 3.63) is 0 Å². The van der Waals surface area contributed by atoms with Crippen molar-refractivity contribution in [1.82, 2.24) is 0 Å². The van der Waals surface area contributed by atoms with Crippen LogP contribution in [0.3, 0.4) is 0 Å². The van der Waals surface area contributed by atoms with Gasteiger partial charge in [0.2, 0.25) is 0 Å². The predicted molar refractivity (Wildman–Crippen MR) is 63.4 cm³/mol. The molecule has 98 valence electrons. The van der Waals surface area contributed by atoms with E-state index in [1.165, 1.54) is 6.92 Å². The zero-order chi connectivity index (χ0) is 13.1. The van der Waals surface area contributed by atoms with Gasteiger partial charge in [-0.2, -0.15) is 0 Å². The van der Waals surface area contributed by atoms with E-state index in [1.807, 2.05) is 20.8 Å². The summed E-state index contributed by atoms with van der Waals surface area (Å²) in [4.78, 5) is 23.0. The molecular formula is C13H22O4. The van der Waals surface area contributed by atoms with Crippen LogP contribution >= 0.6 is 0 Å². The summed E-state index contributed by atoms with van der Waals surface area (Å²) in [6.07, 6.45) is 3.17. The molecule has 0 aliphatic heterocycles. The number of ether oxygens (including phenoxy) is 2. The first-order valence-corrected chi connectivity index (χ1v) is 6.19. The van der Waals surface area contributed by atoms with E-state index in [4.69, 9.17) is 9.47 Å². The number of carbonyl (C=O) groups excluding carboxylic acids is 2. The molecular weight excluding hydrogens is 220 g/mol. The van der Waals surface area contributed by atoms with Crippen LogP contribution in [0.2, 0.25) is 0 Å². The Morgan fingerprint density at radius 2 is 1.71 bits per heavy atom. The molecule has 0 aromatic carbocycles. The van der Waals surface area contributed by atoms with Gasteiger partial charge in [0.1, 0.15) is 11.7 Å². The molecule has 0 aromatic heterocycles. The van der Waals surface area contributed by atoms with E-state index < -0.39 is 5.60 Å². The van der Waals surface area contributed by atoms with Crippen molar-refractivity contribution < 1.29 is 19.1 Å². The highest BCUT2D eigenvalue weighted by atomic mass is 16.6. The normalized spacial score (nSPS) is 25.2. The van der Waals surface area contributed by atoms with Crippen molar-refractivity contribution in [3.63, 3.8) is 0 Å². The lowest BCUT2D eigenvalue weighted by molar-refractivity contribution is -0.171. The topological polar surface area (TPSA) is 52.6 Å². The Balaban J connectivity index is 2.64. The van der Waals surface area contributed by atoms with Gasteiger partial charge in [-0.25, -0.2) is 0 Å². The summed E-state index contributed by atoms with van der Waals surface area (Å²) in [6.45, 7) is 6.90. The lowest BCUT2D eigenvalue weighted by Crippen LogP contribution is -2.38. The Labute approximate surface area is 103 Å². The van der Waals surface area contributed by atoms with Gasteiger partial charge in [0.05, 0.1) is 5.92 Å². The molecule has 0 heterocycles. The predicted octanol–water partition coefficient (Wildman–Crippen LogP) is 2.45. The third-order valence-corrected chi connectivity index (χ3v) is 2.73. The van der Waals surface area contributed by atoms with Gasteiger partial charge >= 0.3 is 11.9 Å². The minimum Gasteiger partial charge on any atom is -0.462 e. The Hall–Kier alpha value is -1.06. The van der Waals surface area contributed by atoms with E-state index in [0.29, 0.717) is 0 Å². The molecule has 0 N–H and O–H groups in total. The minimum atomic E-state index is -0.491. The fourth-order valence-electron chi connectivity index (χ4n) is 2.10. The standard InChI is InChI=1S/C13H22O4/c1-9(14)16-11-8-6-5-7-10(11)12(15)17-13(2,3)4/h10-11H,5-8H2,1-4H3/t10-,11-/m1/s1. The van der Waals surface area contributed by atoms with Crippen molar-refractivity contribution in [2.75, 3.05) is 0 Å². The molecule has 1 aliphatic carbocycles. The van der Waals surface area contributed by atoms with Crippen molar-refractivity contribution >= 4 is 11.9 Å². The number of hydrogen-bond donors (Lipinski definition) is 0. The molecule has 0 aromatic rings. The molecule has 0 bridgehead atoms. The van der Waals surface area contributed by atoms with E-state index in [9.17, 15) is 9.59 Å². The summed E-state index contributed by atoms with van der Waals surface area (Å²) < 4.78 is 10.6. The summed E-state index contributed by atoms with van der Waals surface area (Å²) in [5, 5.41) is 0. The molecule has 4 nitrogen and oxygen atoms in total. The Kier molecular flexibility index (Phi) is 4.54. The summed E-state index contributed by atoms with van der Waals surface area (Å²) in [7, 11) is 0. The highest BCUT2D eigenvalue weighted by molar-refractivity contribution is 5.74. The fraction of sp³-hybridized carbons (Fsp3) is 0.846. The summed E-state index contributed by atoms with van der Waals surface area (Å²) in [6, 6.07) is 0. The second-order valence-electron chi connectivity index (χ2n) is 5.57. The van der Waals surface area contributed by atoms with Crippen molar-refractivity contribution in [2.24, 2.45) is 5.92 Å². The number of esters is 2. The van der Waals surface area contributed by atoms with Crippen LogP contribution in [-0.4, -0.2) is 23.6 Å². The van der Waals surface area contributed by atoms with E-state index in [0.717, 1.165) is 25.7 Å². The maximum absolute atomic E-state index is 12.0. The Bertz CT molecular complexity index is 290. The zero-order valence-corrected chi connectivity index (χ0v) is 11.1. The monoisotopic (exact) mass is 242 g/mol. The molecule has 17 heavy (non-hydrogen) atoms. The van der Waals surface area contributed by atoms with Gasteiger partial charge in [-0.05, 0) is 40.0 Å². The Morgan fingerprint density at radius 1 is 1.12 bits per heavy atom. The van der Waals surface area contributed by atoms with E-state index in [2.05, 4.69) is 0 Å². The zero-order valence-electron chi connectivity index (χ0n) is 11.1. The van der Waals surface area contributed by atoms with Gasteiger partial charge in [0.15, 0.2) is 0 Å². The van der Waals surface area contributed by atoms with Crippen LogP contribution in [0.4, 0.5) is 0 Å². The second-order valence-corrected chi connectivity index (χ2v) is 5.57.